The fraction of sp³-hybridized carbons (Fsp3) is 0.889. The predicted octanol–water partition coefficient (Wildman–Crippen LogP) is 4.56. The average molecular weight is 278 g/mol. The molecule has 0 saturated heterocycles. The number of rotatable bonds is 4. The van der Waals surface area contributed by atoms with Crippen molar-refractivity contribution in [1.82, 2.24) is 5.43 Å². The minimum absolute atomic E-state index is 0.446. The molecule has 0 spiro atoms. The number of nitrogens with one attached hydrogen (secondary N) is 1. The monoisotopic (exact) mass is 278 g/mol. The third-order valence-corrected chi connectivity index (χ3v) is 5.64. The van der Waals surface area contributed by atoms with Crippen LogP contribution in [0.15, 0.2) is 11.6 Å². The first kappa shape index (κ1) is 16.0. The van der Waals surface area contributed by atoms with Crippen LogP contribution in [0.1, 0.15) is 78.1 Å². The first-order valence-corrected chi connectivity index (χ1v) is 8.87. The van der Waals surface area contributed by atoms with Crippen molar-refractivity contribution < 1.29 is 0 Å². The zero-order valence-corrected chi connectivity index (χ0v) is 13.5. The van der Waals surface area contributed by atoms with Crippen molar-refractivity contribution in [1.29, 1.82) is 0 Å². The molecular weight excluding hydrogens is 244 g/mol. The number of hydrazine groups is 1. The van der Waals surface area contributed by atoms with Crippen LogP contribution in [0.4, 0.5) is 0 Å². The second-order valence-electron chi connectivity index (χ2n) is 7.30. The Morgan fingerprint density at radius 2 is 1.65 bits per heavy atom. The smallest absolute Gasteiger partial charge is 0.0447 e. The summed E-state index contributed by atoms with van der Waals surface area (Å²) in [5.41, 5.74) is 4.78. The van der Waals surface area contributed by atoms with Gasteiger partial charge in [0.25, 0.3) is 0 Å². The van der Waals surface area contributed by atoms with Crippen molar-refractivity contribution in [3.8, 4) is 0 Å². The predicted molar refractivity (Wildman–Crippen MR) is 87.2 cm³/mol. The van der Waals surface area contributed by atoms with Gasteiger partial charge in [-0.2, -0.15) is 0 Å². The van der Waals surface area contributed by atoms with Crippen molar-refractivity contribution in [2.45, 2.75) is 84.1 Å². The molecule has 3 N–H and O–H groups in total. The van der Waals surface area contributed by atoms with E-state index in [-0.39, 0.29) is 0 Å². The molecule has 2 aliphatic carbocycles. The maximum absolute atomic E-state index is 5.93. The zero-order valence-electron chi connectivity index (χ0n) is 13.5. The Bertz CT molecular complexity index is 301. The third kappa shape index (κ3) is 4.33. The van der Waals surface area contributed by atoms with E-state index in [1.165, 1.54) is 64.2 Å². The Labute approximate surface area is 125 Å². The van der Waals surface area contributed by atoms with Crippen molar-refractivity contribution in [2.24, 2.45) is 23.6 Å². The summed E-state index contributed by atoms with van der Waals surface area (Å²) in [6.07, 6.45) is 16.0. The molecule has 2 nitrogen and oxygen atoms in total. The highest BCUT2D eigenvalue weighted by molar-refractivity contribution is 5.13. The molecule has 1 unspecified atom stereocenters. The molecule has 1 fully saturated rings. The van der Waals surface area contributed by atoms with E-state index in [0.717, 1.165) is 17.8 Å². The Morgan fingerprint density at radius 1 is 1.00 bits per heavy atom. The molecule has 20 heavy (non-hydrogen) atoms. The number of hydrogen-bond donors (Lipinski definition) is 2. The van der Waals surface area contributed by atoms with Crippen molar-refractivity contribution in [3.63, 3.8) is 0 Å². The molecule has 0 bridgehead atoms. The molecule has 0 aromatic rings. The molecule has 2 heteroatoms. The summed E-state index contributed by atoms with van der Waals surface area (Å²) in [4.78, 5) is 0. The van der Waals surface area contributed by atoms with Crippen molar-refractivity contribution in [2.75, 3.05) is 0 Å². The topological polar surface area (TPSA) is 38.0 Å². The molecule has 2 rings (SSSR count). The Balaban J connectivity index is 1.94. The van der Waals surface area contributed by atoms with Gasteiger partial charge in [0, 0.05) is 6.04 Å². The molecule has 1 atom stereocenters. The zero-order chi connectivity index (χ0) is 14.4. The van der Waals surface area contributed by atoms with Gasteiger partial charge in [0.2, 0.25) is 0 Å². The van der Waals surface area contributed by atoms with E-state index in [0.29, 0.717) is 6.04 Å². The van der Waals surface area contributed by atoms with Gasteiger partial charge < -0.3 is 0 Å². The van der Waals surface area contributed by atoms with E-state index >= 15 is 0 Å². The summed E-state index contributed by atoms with van der Waals surface area (Å²) in [7, 11) is 0. The van der Waals surface area contributed by atoms with Crippen LogP contribution in [-0.2, 0) is 0 Å². The van der Waals surface area contributed by atoms with Crippen LogP contribution in [0.3, 0.4) is 0 Å². The molecule has 0 aromatic carbocycles. The van der Waals surface area contributed by atoms with Crippen molar-refractivity contribution in [3.05, 3.63) is 11.6 Å². The normalized spacial score (nSPS) is 30.5. The highest BCUT2D eigenvalue weighted by atomic mass is 15.2. The summed E-state index contributed by atoms with van der Waals surface area (Å²) in [5, 5.41) is 0. The second-order valence-corrected chi connectivity index (χ2v) is 7.30. The maximum Gasteiger partial charge on any atom is 0.0447 e. The maximum atomic E-state index is 5.93. The van der Waals surface area contributed by atoms with Gasteiger partial charge in [-0.15, -0.1) is 0 Å². The molecule has 0 radical (unpaired) electrons. The molecule has 0 aromatic heterocycles. The second kappa shape index (κ2) is 8.19. The van der Waals surface area contributed by atoms with E-state index in [4.69, 9.17) is 5.84 Å². The minimum atomic E-state index is 0.446. The lowest BCUT2D eigenvalue weighted by Crippen LogP contribution is -2.44. The lowest BCUT2D eigenvalue weighted by Gasteiger charge is -2.36. The van der Waals surface area contributed by atoms with Gasteiger partial charge in [-0.05, 0) is 69.1 Å². The molecule has 1 saturated carbocycles. The quantitative estimate of drug-likeness (QED) is 0.449. The van der Waals surface area contributed by atoms with E-state index < -0.39 is 0 Å². The molecule has 2 aliphatic rings. The van der Waals surface area contributed by atoms with E-state index in [9.17, 15) is 0 Å². The highest BCUT2D eigenvalue weighted by Gasteiger charge is 2.30. The molecule has 0 aliphatic heterocycles. The fourth-order valence-corrected chi connectivity index (χ4v) is 4.19. The lowest BCUT2D eigenvalue weighted by molar-refractivity contribution is 0.198. The largest absolute Gasteiger partial charge is 0.271 e. The highest BCUT2D eigenvalue weighted by Crippen LogP contribution is 2.37. The van der Waals surface area contributed by atoms with E-state index in [1.54, 1.807) is 5.57 Å². The van der Waals surface area contributed by atoms with Crippen LogP contribution in [-0.4, -0.2) is 6.04 Å². The Kier molecular flexibility index (Phi) is 6.57. The molecule has 0 heterocycles. The minimum Gasteiger partial charge on any atom is -0.271 e. The van der Waals surface area contributed by atoms with Crippen LogP contribution in [0.2, 0.25) is 0 Å². The number of hydrogen-bond acceptors (Lipinski definition) is 2. The van der Waals surface area contributed by atoms with Crippen LogP contribution in [0.5, 0.6) is 0 Å². The number of allylic oxidation sites excluding steroid dienone is 1. The third-order valence-electron chi connectivity index (χ3n) is 5.64. The average Bonchev–Trinajstić information content (AvgIpc) is 2.42. The summed E-state index contributed by atoms with van der Waals surface area (Å²) in [6, 6.07) is 0.446. The fourth-order valence-electron chi connectivity index (χ4n) is 4.19. The van der Waals surface area contributed by atoms with Gasteiger partial charge in [0.15, 0.2) is 0 Å². The van der Waals surface area contributed by atoms with Crippen LogP contribution < -0.4 is 11.3 Å². The molecule has 116 valence electrons. The van der Waals surface area contributed by atoms with E-state index in [1.807, 2.05) is 0 Å². The van der Waals surface area contributed by atoms with Crippen LogP contribution in [0.25, 0.3) is 0 Å². The summed E-state index contributed by atoms with van der Waals surface area (Å²) in [5.74, 6) is 8.48. The summed E-state index contributed by atoms with van der Waals surface area (Å²) in [6.45, 7) is 4.75. The molecule has 0 amide bonds. The van der Waals surface area contributed by atoms with Gasteiger partial charge in [0.05, 0.1) is 0 Å². The first-order chi connectivity index (χ1) is 9.72. The first-order valence-electron chi connectivity index (χ1n) is 8.87. The standard InChI is InChI=1S/C18H34N2/c1-14(2)15-10-12-17(13-11-15)18(20-19)16-8-6-4-3-5-7-9-16/h8,14-15,17-18,20H,3-7,9-13,19H2,1-2H3. The summed E-state index contributed by atoms with van der Waals surface area (Å²) < 4.78 is 0. The van der Waals surface area contributed by atoms with E-state index in [2.05, 4.69) is 25.3 Å². The van der Waals surface area contributed by atoms with Gasteiger partial charge in [-0.25, -0.2) is 0 Å². The van der Waals surface area contributed by atoms with Crippen LogP contribution >= 0.6 is 0 Å². The van der Waals surface area contributed by atoms with Gasteiger partial charge >= 0.3 is 0 Å². The van der Waals surface area contributed by atoms with Crippen LogP contribution in [0, 0.1) is 17.8 Å². The van der Waals surface area contributed by atoms with Gasteiger partial charge in [0.1, 0.15) is 0 Å². The summed E-state index contributed by atoms with van der Waals surface area (Å²) >= 11 is 0. The SMILES string of the molecule is CC(C)C1CCC(C(NN)C2=CCCCCCC2)CC1. The van der Waals surface area contributed by atoms with Gasteiger partial charge in [-0.1, -0.05) is 38.3 Å². The molecular formula is C18H34N2. The number of nitrogens with two attached hydrogens (primary N) is 1. The van der Waals surface area contributed by atoms with Crippen molar-refractivity contribution >= 4 is 0 Å². The lowest BCUT2D eigenvalue weighted by atomic mass is 9.72. The Morgan fingerprint density at radius 3 is 2.30 bits per heavy atom. The Hall–Kier alpha value is -0.340. The van der Waals surface area contributed by atoms with Gasteiger partial charge in [-0.3, -0.25) is 11.3 Å².